The molecule has 1 aromatic carbocycles. The predicted molar refractivity (Wildman–Crippen MR) is 105 cm³/mol. The second-order valence-electron chi connectivity index (χ2n) is 8.64. The lowest BCUT2D eigenvalue weighted by Crippen LogP contribution is -2.50. The van der Waals surface area contributed by atoms with Crippen LogP contribution in [0, 0.1) is 17.7 Å². The Balaban J connectivity index is 1.26. The monoisotopic (exact) mass is 387 g/mol. The summed E-state index contributed by atoms with van der Waals surface area (Å²) in [7, 11) is 0. The standard InChI is InChI=1S/C22H30FN3O2/c23-19-7-4-16(5-8-19)10-11-24-21(27)15-25-13-18-6-9-20(14-25)26(22(18)28)12-17-2-1-3-17/h4-5,7-8,17-18,20H,1-3,6,9-15H2,(H,24,27)/t18-,20+/m0/s1. The Morgan fingerprint density at radius 2 is 1.89 bits per heavy atom. The highest BCUT2D eigenvalue weighted by molar-refractivity contribution is 5.81. The summed E-state index contributed by atoms with van der Waals surface area (Å²) in [5, 5.41) is 2.96. The van der Waals surface area contributed by atoms with Crippen molar-refractivity contribution in [1.82, 2.24) is 15.1 Å². The maximum absolute atomic E-state index is 12.9. The molecule has 3 heterocycles. The number of carbonyl (C=O) groups is 2. The van der Waals surface area contributed by atoms with Crippen molar-refractivity contribution in [2.24, 2.45) is 11.8 Å². The molecule has 2 bridgehead atoms. The lowest BCUT2D eigenvalue weighted by molar-refractivity contribution is -0.141. The third kappa shape index (κ3) is 4.54. The van der Waals surface area contributed by atoms with E-state index in [0.29, 0.717) is 37.9 Å². The molecule has 0 spiro atoms. The van der Waals surface area contributed by atoms with Gasteiger partial charge < -0.3 is 10.2 Å². The van der Waals surface area contributed by atoms with E-state index in [1.165, 1.54) is 31.4 Å². The highest BCUT2D eigenvalue weighted by Gasteiger charge is 2.41. The molecular weight excluding hydrogens is 357 g/mol. The average Bonchev–Trinajstić information content (AvgIpc) is 2.90. The maximum atomic E-state index is 12.9. The van der Waals surface area contributed by atoms with Crippen LogP contribution in [0.15, 0.2) is 24.3 Å². The quantitative estimate of drug-likeness (QED) is 0.781. The van der Waals surface area contributed by atoms with Crippen molar-refractivity contribution in [1.29, 1.82) is 0 Å². The zero-order valence-electron chi connectivity index (χ0n) is 16.4. The van der Waals surface area contributed by atoms with E-state index in [-0.39, 0.29) is 23.7 Å². The minimum Gasteiger partial charge on any atom is -0.355 e. The molecule has 0 radical (unpaired) electrons. The van der Waals surface area contributed by atoms with E-state index in [9.17, 15) is 14.0 Å². The molecule has 2 amide bonds. The van der Waals surface area contributed by atoms with Crippen molar-refractivity contribution in [3.8, 4) is 0 Å². The highest BCUT2D eigenvalue weighted by Crippen LogP contribution is 2.33. The maximum Gasteiger partial charge on any atom is 0.234 e. The van der Waals surface area contributed by atoms with Gasteiger partial charge in [0.15, 0.2) is 0 Å². The molecule has 28 heavy (non-hydrogen) atoms. The van der Waals surface area contributed by atoms with Crippen molar-refractivity contribution >= 4 is 11.8 Å². The van der Waals surface area contributed by atoms with Gasteiger partial charge in [-0.1, -0.05) is 18.6 Å². The highest BCUT2D eigenvalue weighted by atomic mass is 19.1. The fourth-order valence-corrected chi connectivity index (χ4v) is 4.71. The number of carbonyl (C=O) groups excluding carboxylic acids is 2. The molecule has 1 N–H and O–H groups in total. The molecule has 3 saturated heterocycles. The number of benzene rings is 1. The van der Waals surface area contributed by atoms with Crippen LogP contribution in [0.5, 0.6) is 0 Å². The van der Waals surface area contributed by atoms with Gasteiger partial charge in [-0.15, -0.1) is 0 Å². The minimum absolute atomic E-state index is 0.00130. The first-order valence-corrected chi connectivity index (χ1v) is 10.6. The lowest BCUT2D eigenvalue weighted by atomic mass is 9.83. The van der Waals surface area contributed by atoms with Gasteiger partial charge in [-0.2, -0.15) is 0 Å². The van der Waals surface area contributed by atoms with Crippen LogP contribution in [-0.4, -0.2) is 60.4 Å². The second-order valence-corrected chi connectivity index (χ2v) is 8.64. The number of nitrogens with zero attached hydrogens (tertiary/aromatic N) is 2. The Hall–Kier alpha value is -1.95. The van der Waals surface area contributed by atoms with Crippen LogP contribution in [0.2, 0.25) is 0 Å². The Bertz CT molecular complexity index is 704. The van der Waals surface area contributed by atoms with Gasteiger partial charge in [-0.3, -0.25) is 14.5 Å². The first-order valence-electron chi connectivity index (χ1n) is 10.6. The van der Waals surface area contributed by atoms with Gasteiger partial charge in [0.2, 0.25) is 11.8 Å². The summed E-state index contributed by atoms with van der Waals surface area (Å²) in [4.78, 5) is 29.5. The van der Waals surface area contributed by atoms with Gasteiger partial charge in [-0.25, -0.2) is 4.39 Å². The SMILES string of the molecule is O=C(CN1C[C@@H]2CC[C@H](C1)N(CC1CCC1)C2=O)NCCc1ccc(F)cc1. The van der Waals surface area contributed by atoms with Crippen LogP contribution in [0.4, 0.5) is 4.39 Å². The number of nitrogens with one attached hydrogen (secondary N) is 1. The number of hydrogen-bond donors (Lipinski definition) is 1. The van der Waals surface area contributed by atoms with Crippen LogP contribution >= 0.6 is 0 Å². The Morgan fingerprint density at radius 3 is 2.61 bits per heavy atom. The van der Waals surface area contributed by atoms with Gasteiger partial charge >= 0.3 is 0 Å². The predicted octanol–water partition coefficient (Wildman–Crippen LogP) is 2.21. The first-order chi connectivity index (χ1) is 13.6. The van der Waals surface area contributed by atoms with Crippen LogP contribution in [0.25, 0.3) is 0 Å². The minimum atomic E-state index is -0.246. The van der Waals surface area contributed by atoms with Gasteiger partial charge in [0.05, 0.1) is 12.5 Å². The van der Waals surface area contributed by atoms with Crippen LogP contribution in [-0.2, 0) is 16.0 Å². The first kappa shape index (κ1) is 19.4. The Kier molecular flexibility index (Phi) is 5.95. The van der Waals surface area contributed by atoms with E-state index in [1.54, 1.807) is 12.1 Å². The van der Waals surface area contributed by atoms with Gasteiger partial charge in [0.25, 0.3) is 0 Å². The smallest absolute Gasteiger partial charge is 0.234 e. The van der Waals surface area contributed by atoms with E-state index in [0.717, 1.165) is 31.5 Å². The molecule has 0 unspecified atom stereocenters. The molecule has 1 aliphatic carbocycles. The summed E-state index contributed by atoms with van der Waals surface area (Å²) in [6.45, 7) is 3.30. The van der Waals surface area contributed by atoms with Gasteiger partial charge in [0.1, 0.15) is 5.82 Å². The molecule has 0 aromatic heterocycles. The molecule has 5 rings (SSSR count). The number of hydrogen-bond acceptors (Lipinski definition) is 3. The molecule has 1 saturated carbocycles. The molecule has 5 nitrogen and oxygen atoms in total. The van der Waals surface area contributed by atoms with E-state index < -0.39 is 0 Å². The molecule has 3 aliphatic heterocycles. The molecule has 1 aromatic rings. The van der Waals surface area contributed by atoms with E-state index in [1.807, 2.05) is 0 Å². The summed E-state index contributed by atoms with van der Waals surface area (Å²) in [6, 6.07) is 6.64. The third-order valence-electron chi connectivity index (χ3n) is 6.56. The van der Waals surface area contributed by atoms with Crippen molar-refractivity contribution in [3.63, 3.8) is 0 Å². The summed E-state index contributed by atoms with van der Waals surface area (Å²) < 4.78 is 12.9. The summed E-state index contributed by atoms with van der Waals surface area (Å²) in [5.74, 6) is 0.797. The number of halogens is 1. The fraction of sp³-hybridized carbons (Fsp3) is 0.636. The van der Waals surface area contributed by atoms with E-state index >= 15 is 0 Å². The Labute approximate surface area is 166 Å². The zero-order chi connectivity index (χ0) is 19.5. The fourth-order valence-electron chi connectivity index (χ4n) is 4.71. The molecule has 2 atom stereocenters. The van der Waals surface area contributed by atoms with E-state index in [2.05, 4.69) is 15.1 Å². The van der Waals surface area contributed by atoms with Crippen molar-refractivity contribution in [2.75, 3.05) is 32.7 Å². The topological polar surface area (TPSA) is 52.7 Å². The van der Waals surface area contributed by atoms with E-state index in [4.69, 9.17) is 0 Å². The summed E-state index contributed by atoms with van der Waals surface area (Å²) in [5.41, 5.74) is 1.01. The Morgan fingerprint density at radius 1 is 1.11 bits per heavy atom. The van der Waals surface area contributed by atoms with Crippen LogP contribution in [0.3, 0.4) is 0 Å². The number of fused-ring (bicyclic) bond motifs is 4. The number of piperidine rings is 1. The van der Waals surface area contributed by atoms with Crippen molar-refractivity contribution in [2.45, 2.75) is 44.6 Å². The van der Waals surface area contributed by atoms with Gasteiger partial charge in [0, 0.05) is 32.2 Å². The lowest BCUT2D eigenvalue weighted by Gasteiger charge is -2.40. The average molecular weight is 387 g/mol. The second kappa shape index (κ2) is 8.60. The van der Waals surface area contributed by atoms with Crippen molar-refractivity contribution in [3.05, 3.63) is 35.6 Å². The van der Waals surface area contributed by atoms with Crippen molar-refractivity contribution < 1.29 is 14.0 Å². The molecule has 152 valence electrons. The summed E-state index contributed by atoms with van der Waals surface area (Å²) >= 11 is 0. The van der Waals surface area contributed by atoms with Crippen LogP contribution < -0.4 is 5.32 Å². The number of rotatable bonds is 7. The molecule has 4 fully saturated rings. The largest absolute Gasteiger partial charge is 0.355 e. The molecule has 4 aliphatic rings. The summed E-state index contributed by atoms with van der Waals surface area (Å²) in [6.07, 6.45) is 6.50. The zero-order valence-corrected chi connectivity index (χ0v) is 16.4. The third-order valence-corrected chi connectivity index (χ3v) is 6.56. The molecular formula is C22H30FN3O2. The van der Waals surface area contributed by atoms with Gasteiger partial charge in [-0.05, 0) is 55.7 Å². The molecule has 6 heteroatoms. The number of amides is 2. The van der Waals surface area contributed by atoms with Crippen LogP contribution in [0.1, 0.15) is 37.7 Å². The normalized spacial score (nSPS) is 25.5.